The van der Waals surface area contributed by atoms with Gasteiger partial charge in [0.25, 0.3) is 0 Å². The highest BCUT2D eigenvalue weighted by molar-refractivity contribution is 7.90. The van der Waals surface area contributed by atoms with Crippen molar-refractivity contribution in [1.29, 1.82) is 0 Å². The first kappa shape index (κ1) is 18.1. The maximum Gasteiger partial charge on any atom is 0.191 e. The number of sulfone groups is 1. The monoisotopic (exact) mass is 411 g/mol. The highest BCUT2D eigenvalue weighted by Gasteiger charge is 2.24. The molecular formula is C20H21N5O3S. The largest absolute Gasteiger partial charge is 0.377 e. The SMILES string of the molecule is CC1COCCN1c1cn2c(S(C)(=O)=O)ccc2c(-c2ccnc3[nH]ccc23)n1. The van der Waals surface area contributed by atoms with E-state index in [0.29, 0.717) is 19.8 Å². The van der Waals surface area contributed by atoms with Gasteiger partial charge in [0.1, 0.15) is 16.5 Å². The number of fused-ring (bicyclic) bond motifs is 2. The number of hydrogen-bond acceptors (Lipinski definition) is 6. The Morgan fingerprint density at radius 2 is 2.10 bits per heavy atom. The smallest absolute Gasteiger partial charge is 0.191 e. The summed E-state index contributed by atoms with van der Waals surface area (Å²) in [4.78, 5) is 14.6. The van der Waals surface area contributed by atoms with Gasteiger partial charge in [-0.25, -0.2) is 18.4 Å². The zero-order valence-electron chi connectivity index (χ0n) is 16.2. The highest BCUT2D eigenvalue weighted by Crippen LogP contribution is 2.33. The number of aromatic nitrogens is 4. The van der Waals surface area contributed by atoms with Crippen LogP contribution in [0, 0.1) is 0 Å². The van der Waals surface area contributed by atoms with Crippen molar-refractivity contribution >= 4 is 32.2 Å². The summed E-state index contributed by atoms with van der Waals surface area (Å²) >= 11 is 0. The van der Waals surface area contributed by atoms with Crippen molar-refractivity contribution in [2.24, 2.45) is 0 Å². The molecule has 5 heterocycles. The number of ether oxygens (including phenoxy) is 1. The topological polar surface area (TPSA) is 92.6 Å². The van der Waals surface area contributed by atoms with Crippen molar-refractivity contribution in [2.75, 3.05) is 30.9 Å². The Morgan fingerprint density at radius 3 is 2.90 bits per heavy atom. The first-order chi connectivity index (χ1) is 13.9. The van der Waals surface area contributed by atoms with Gasteiger partial charge in [-0.3, -0.25) is 0 Å². The van der Waals surface area contributed by atoms with Gasteiger partial charge < -0.3 is 19.0 Å². The van der Waals surface area contributed by atoms with Crippen LogP contribution in [-0.4, -0.2) is 59.8 Å². The Bertz CT molecular complexity index is 1320. The van der Waals surface area contributed by atoms with Crippen LogP contribution < -0.4 is 4.90 Å². The molecule has 1 unspecified atom stereocenters. The van der Waals surface area contributed by atoms with Crippen molar-refractivity contribution in [3.8, 4) is 11.3 Å². The van der Waals surface area contributed by atoms with Crippen LogP contribution in [0.25, 0.3) is 27.8 Å². The molecule has 29 heavy (non-hydrogen) atoms. The fourth-order valence-corrected chi connectivity index (χ4v) is 4.77. The second-order valence-electron chi connectivity index (χ2n) is 7.36. The Morgan fingerprint density at radius 1 is 1.24 bits per heavy atom. The molecule has 1 aliphatic heterocycles. The van der Waals surface area contributed by atoms with E-state index < -0.39 is 9.84 Å². The summed E-state index contributed by atoms with van der Waals surface area (Å²) in [7, 11) is -3.40. The van der Waals surface area contributed by atoms with Crippen LogP contribution in [0.15, 0.2) is 47.9 Å². The molecule has 4 aromatic rings. The molecule has 1 saturated heterocycles. The van der Waals surface area contributed by atoms with Gasteiger partial charge in [0, 0.05) is 36.1 Å². The molecule has 0 saturated carbocycles. The fourth-order valence-electron chi connectivity index (χ4n) is 3.95. The van der Waals surface area contributed by atoms with E-state index in [1.807, 2.05) is 30.6 Å². The molecule has 5 rings (SSSR count). The van der Waals surface area contributed by atoms with Gasteiger partial charge in [-0.15, -0.1) is 0 Å². The van der Waals surface area contributed by atoms with Gasteiger partial charge in [0.2, 0.25) is 0 Å². The van der Waals surface area contributed by atoms with Crippen molar-refractivity contribution in [1.82, 2.24) is 19.4 Å². The maximum absolute atomic E-state index is 12.4. The number of aromatic amines is 1. The van der Waals surface area contributed by atoms with Gasteiger partial charge in [0.05, 0.1) is 36.7 Å². The van der Waals surface area contributed by atoms with Crippen molar-refractivity contribution in [2.45, 2.75) is 18.0 Å². The fraction of sp³-hybridized carbons (Fsp3) is 0.300. The molecule has 0 amide bonds. The summed E-state index contributed by atoms with van der Waals surface area (Å²) in [5.74, 6) is 0.727. The van der Waals surface area contributed by atoms with Crippen LogP contribution in [0.1, 0.15) is 6.92 Å². The Hall–Kier alpha value is -2.91. The van der Waals surface area contributed by atoms with Gasteiger partial charge in [0.15, 0.2) is 9.84 Å². The summed E-state index contributed by atoms with van der Waals surface area (Å²) in [6.45, 7) is 4.00. The van der Waals surface area contributed by atoms with Gasteiger partial charge in [-0.2, -0.15) is 0 Å². The standard InChI is InChI=1S/C20H21N5O3S/c1-13-12-28-10-9-24(13)17-11-25-16(3-4-18(25)29(2,26)27)19(23-17)14-5-7-21-20-15(14)6-8-22-20/h3-8,11,13H,9-10,12H2,1-2H3,(H,21,22). The number of pyridine rings is 1. The zero-order valence-corrected chi connectivity index (χ0v) is 17.0. The predicted molar refractivity (Wildman–Crippen MR) is 111 cm³/mol. The number of H-pyrrole nitrogens is 1. The number of nitrogens with one attached hydrogen (secondary N) is 1. The lowest BCUT2D eigenvalue weighted by atomic mass is 10.1. The van der Waals surface area contributed by atoms with Crippen LogP contribution >= 0.6 is 0 Å². The van der Waals surface area contributed by atoms with Crippen LogP contribution in [0.4, 0.5) is 5.82 Å². The Labute approximate surface area is 168 Å². The van der Waals surface area contributed by atoms with E-state index in [9.17, 15) is 8.42 Å². The van der Waals surface area contributed by atoms with Crippen LogP contribution in [-0.2, 0) is 14.6 Å². The zero-order chi connectivity index (χ0) is 20.2. The van der Waals surface area contributed by atoms with E-state index in [-0.39, 0.29) is 11.1 Å². The van der Waals surface area contributed by atoms with E-state index in [1.165, 1.54) is 6.26 Å². The van der Waals surface area contributed by atoms with Crippen molar-refractivity contribution < 1.29 is 13.2 Å². The molecule has 150 valence electrons. The number of morpholine rings is 1. The average molecular weight is 411 g/mol. The van der Waals surface area contributed by atoms with E-state index in [0.717, 1.165) is 33.6 Å². The van der Waals surface area contributed by atoms with Gasteiger partial charge in [-0.05, 0) is 31.2 Å². The number of rotatable bonds is 3. The predicted octanol–water partition coefficient (Wildman–Crippen LogP) is 2.51. The first-order valence-corrected chi connectivity index (χ1v) is 11.3. The summed E-state index contributed by atoms with van der Waals surface area (Å²) < 4.78 is 32.1. The molecular weight excluding hydrogens is 390 g/mol. The first-order valence-electron chi connectivity index (χ1n) is 9.42. The molecule has 1 aliphatic rings. The normalized spacial score (nSPS) is 18.0. The molecule has 9 heteroatoms. The molecule has 0 spiro atoms. The molecule has 0 aliphatic carbocycles. The quantitative estimate of drug-likeness (QED) is 0.557. The third-order valence-corrected chi connectivity index (χ3v) is 6.44. The molecule has 1 atom stereocenters. The number of anilines is 1. The minimum Gasteiger partial charge on any atom is -0.377 e. The van der Waals surface area contributed by atoms with E-state index in [2.05, 4.69) is 21.8 Å². The average Bonchev–Trinajstić information content (AvgIpc) is 3.34. The molecule has 0 bridgehead atoms. The summed E-state index contributed by atoms with van der Waals surface area (Å²) in [6, 6.07) is 7.46. The second-order valence-corrected chi connectivity index (χ2v) is 9.33. The van der Waals surface area contributed by atoms with E-state index >= 15 is 0 Å². The minimum absolute atomic E-state index is 0.142. The second kappa shape index (κ2) is 6.57. The lowest BCUT2D eigenvalue weighted by Crippen LogP contribution is -2.44. The molecule has 4 aromatic heterocycles. The van der Waals surface area contributed by atoms with Crippen molar-refractivity contribution in [3.63, 3.8) is 0 Å². The van der Waals surface area contributed by atoms with Gasteiger partial charge in [-0.1, -0.05) is 0 Å². The van der Waals surface area contributed by atoms with Crippen LogP contribution in [0.2, 0.25) is 0 Å². The summed E-state index contributed by atoms with van der Waals surface area (Å²) in [6.07, 6.45) is 6.61. The third kappa shape index (κ3) is 2.97. The molecule has 0 radical (unpaired) electrons. The summed E-state index contributed by atoms with van der Waals surface area (Å²) in [5.41, 5.74) is 3.14. The van der Waals surface area contributed by atoms with Crippen LogP contribution in [0.3, 0.4) is 0 Å². The van der Waals surface area contributed by atoms with Crippen LogP contribution in [0.5, 0.6) is 0 Å². The van der Waals surface area contributed by atoms with E-state index in [1.54, 1.807) is 16.7 Å². The molecule has 1 fully saturated rings. The molecule has 1 N–H and O–H groups in total. The lowest BCUT2D eigenvalue weighted by Gasteiger charge is -2.34. The highest BCUT2D eigenvalue weighted by atomic mass is 32.2. The minimum atomic E-state index is -3.40. The van der Waals surface area contributed by atoms with Crippen molar-refractivity contribution in [3.05, 3.63) is 42.9 Å². The van der Waals surface area contributed by atoms with Gasteiger partial charge >= 0.3 is 0 Å². The number of hydrogen-bond donors (Lipinski definition) is 1. The molecule has 0 aromatic carbocycles. The van der Waals surface area contributed by atoms with E-state index in [4.69, 9.17) is 9.72 Å². The Kier molecular flexibility index (Phi) is 4.11. The maximum atomic E-state index is 12.4. The molecule has 8 nitrogen and oxygen atoms in total. The number of nitrogens with zero attached hydrogens (tertiary/aromatic N) is 4. The summed E-state index contributed by atoms with van der Waals surface area (Å²) in [5, 5.41) is 1.19. The third-order valence-electron chi connectivity index (χ3n) is 5.35. The Balaban J connectivity index is 1.83. The lowest BCUT2D eigenvalue weighted by molar-refractivity contribution is 0.0985.